The second kappa shape index (κ2) is 5.21. The van der Waals surface area contributed by atoms with E-state index in [1.807, 2.05) is 0 Å². The highest BCUT2D eigenvalue weighted by Gasteiger charge is 2.51. The second-order valence-electron chi connectivity index (χ2n) is 9.05. The van der Waals surface area contributed by atoms with Gasteiger partial charge in [0.25, 0.3) is 0 Å². The molecule has 1 heterocycles. The minimum absolute atomic E-state index is 0.00965. The Balaban J connectivity index is 1.33. The predicted molar refractivity (Wildman–Crippen MR) is 83.0 cm³/mol. The molecule has 1 aliphatic heterocycles. The molecule has 120 valence electrons. The molecule has 5 aliphatic rings. The molecular formula is C18H31NO2. The molecule has 4 aliphatic carbocycles. The van der Waals surface area contributed by atoms with Crippen molar-refractivity contribution >= 4 is 0 Å². The van der Waals surface area contributed by atoms with E-state index in [-0.39, 0.29) is 12.0 Å². The zero-order valence-corrected chi connectivity index (χ0v) is 13.4. The summed E-state index contributed by atoms with van der Waals surface area (Å²) < 4.78 is 5.30. The summed E-state index contributed by atoms with van der Waals surface area (Å²) in [5.41, 5.74) is 0.666. The van der Waals surface area contributed by atoms with Crippen molar-refractivity contribution in [2.45, 2.75) is 57.9 Å². The second-order valence-corrected chi connectivity index (χ2v) is 9.05. The van der Waals surface area contributed by atoms with Gasteiger partial charge < -0.3 is 15.2 Å². The molecule has 0 spiro atoms. The largest absolute Gasteiger partial charge is 0.396 e. The number of ether oxygens (including phenoxy) is 1. The van der Waals surface area contributed by atoms with Crippen molar-refractivity contribution in [3.05, 3.63) is 0 Å². The fraction of sp³-hybridized carbons (Fsp3) is 1.00. The van der Waals surface area contributed by atoms with Crippen LogP contribution in [-0.4, -0.2) is 37.5 Å². The average molecular weight is 293 g/mol. The van der Waals surface area contributed by atoms with Crippen LogP contribution in [0, 0.1) is 28.6 Å². The normalized spacial score (nSPS) is 44.6. The lowest BCUT2D eigenvalue weighted by molar-refractivity contribution is -0.135. The molecule has 5 rings (SSSR count). The fourth-order valence-corrected chi connectivity index (χ4v) is 6.29. The van der Waals surface area contributed by atoms with E-state index in [1.165, 1.54) is 44.9 Å². The molecule has 3 nitrogen and oxygen atoms in total. The Morgan fingerprint density at radius 3 is 2.10 bits per heavy atom. The van der Waals surface area contributed by atoms with Crippen LogP contribution in [0.5, 0.6) is 0 Å². The Hall–Kier alpha value is -0.120. The Morgan fingerprint density at radius 2 is 1.67 bits per heavy atom. The summed E-state index contributed by atoms with van der Waals surface area (Å²) in [5.74, 6) is 3.15. The van der Waals surface area contributed by atoms with Crippen molar-refractivity contribution in [3.63, 3.8) is 0 Å². The summed E-state index contributed by atoms with van der Waals surface area (Å²) in [6, 6.07) is 0.574. The third-order valence-corrected chi connectivity index (χ3v) is 6.88. The molecule has 4 bridgehead atoms. The van der Waals surface area contributed by atoms with Gasteiger partial charge in [0.05, 0.1) is 25.2 Å². The number of nitrogens with one attached hydrogen (secondary N) is 1. The molecule has 0 aromatic carbocycles. The summed E-state index contributed by atoms with van der Waals surface area (Å²) in [5, 5.41) is 13.2. The van der Waals surface area contributed by atoms with E-state index in [1.54, 1.807) is 0 Å². The average Bonchev–Trinajstić information content (AvgIpc) is 2.35. The highest BCUT2D eigenvalue weighted by Crippen LogP contribution is 2.61. The van der Waals surface area contributed by atoms with Crippen molar-refractivity contribution < 1.29 is 9.84 Å². The molecule has 21 heavy (non-hydrogen) atoms. The SMILES string of the molecule is CC(CC12CC3CC(CC(C3)C1)C2)NCC1(CO)COC1. The Kier molecular flexibility index (Phi) is 3.59. The molecule has 4 saturated carbocycles. The molecule has 1 atom stereocenters. The Morgan fingerprint density at radius 1 is 1.10 bits per heavy atom. The van der Waals surface area contributed by atoms with Gasteiger partial charge in [0.15, 0.2) is 0 Å². The molecule has 0 aromatic rings. The van der Waals surface area contributed by atoms with Gasteiger partial charge in [0, 0.05) is 12.6 Å². The van der Waals surface area contributed by atoms with Crippen LogP contribution in [0.15, 0.2) is 0 Å². The minimum Gasteiger partial charge on any atom is -0.396 e. The first-order valence-corrected chi connectivity index (χ1v) is 9.02. The summed E-state index contributed by atoms with van der Waals surface area (Å²) in [4.78, 5) is 0. The van der Waals surface area contributed by atoms with Gasteiger partial charge in [-0.05, 0) is 75.0 Å². The first-order valence-electron chi connectivity index (χ1n) is 9.02. The number of aliphatic hydroxyl groups is 1. The highest BCUT2D eigenvalue weighted by molar-refractivity contribution is 5.02. The van der Waals surface area contributed by atoms with Crippen LogP contribution in [0.25, 0.3) is 0 Å². The third kappa shape index (κ3) is 2.66. The molecule has 2 N–H and O–H groups in total. The van der Waals surface area contributed by atoms with Crippen molar-refractivity contribution in [2.24, 2.45) is 28.6 Å². The smallest absolute Gasteiger partial charge is 0.0579 e. The maximum absolute atomic E-state index is 9.53. The van der Waals surface area contributed by atoms with E-state index < -0.39 is 0 Å². The van der Waals surface area contributed by atoms with Crippen molar-refractivity contribution in [1.29, 1.82) is 0 Å². The van der Waals surface area contributed by atoms with Crippen LogP contribution in [0.1, 0.15) is 51.9 Å². The molecule has 1 saturated heterocycles. The van der Waals surface area contributed by atoms with Gasteiger partial charge in [-0.1, -0.05) is 0 Å². The first-order chi connectivity index (χ1) is 10.1. The summed E-state index contributed by atoms with van der Waals surface area (Å²) in [6.07, 6.45) is 10.4. The third-order valence-electron chi connectivity index (χ3n) is 6.88. The van der Waals surface area contributed by atoms with Crippen LogP contribution in [0.4, 0.5) is 0 Å². The van der Waals surface area contributed by atoms with Crippen LogP contribution in [0.3, 0.4) is 0 Å². The van der Waals surface area contributed by atoms with Gasteiger partial charge in [-0.2, -0.15) is 0 Å². The lowest BCUT2D eigenvalue weighted by atomic mass is 9.48. The monoisotopic (exact) mass is 293 g/mol. The maximum Gasteiger partial charge on any atom is 0.0579 e. The van der Waals surface area contributed by atoms with Gasteiger partial charge in [0.1, 0.15) is 0 Å². The van der Waals surface area contributed by atoms with Crippen LogP contribution < -0.4 is 5.32 Å². The number of rotatable bonds is 6. The summed E-state index contributed by atoms with van der Waals surface area (Å²) in [7, 11) is 0. The number of hydrogen-bond donors (Lipinski definition) is 2. The Labute approximate surface area is 128 Å². The topological polar surface area (TPSA) is 41.5 Å². The standard InChI is InChI=1S/C18H31NO2/c1-13(19-9-18(10-20)11-21-12-18)5-17-6-14-2-15(7-17)4-16(3-14)8-17/h13-16,19-20H,2-12H2,1H3. The van der Waals surface area contributed by atoms with E-state index in [0.717, 1.165) is 37.5 Å². The van der Waals surface area contributed by atoms with E-state index in [4.69, 9.17) is 4.74 Å². The van der Waals surface area contributed by atoms with Crippen LogP contribution >= 0.6 is 0 Å². The number of aliphatic hydroxyl groups excluding tert-OH is 1. The van der Waals surface area contributed by atoms with Gasteiger partial charge in [0.2, 0.25) is 0 Å². The lowest BCUT2D eigenvalue weighted by Crippen LogP contribution is -2.54. The number of hydrogen-bond acceptors (Lipinski definition) is 3. The van der Waals surface area contributed by atoms with Gasteiger partial charge in [-0.25, -0.2) is 0 Å². The highest BCUT2D eigenvalue weighted by atomic mass is 16.5. The molecule has 1 unspecified atom stereocenters. The molecule has 0 radical (unpaired) electrons. The fourth-order valence-electron chi connectivity index (χ4n) is 6.29. The zero-order chi connectivity index (χ0) is 14.5. The first kappa shape index (κ1) is 14.5. The summed E-state index contributed by atoms with van der Waals surface area (Å²) in [6.45, 7) is 4.96. The van der Waals surface area contributed by atoms with Crippen molar-refractivity contribution in [2.75, 3.05) is 26.4 Å². The predicted octanol–water partition coefficient (Wildman–Crippen LogP) is 2.58. The zero-order valence-electron chi connectivity index (χ0n) is 13.4. The van der Waals surface area contributed by atoms with E-state index in [9.17, 15) is 5.11 Å². The lowest BCUT2D eigenvalue weighted by Gasteiger charge is -2.57. The molecular weight excluding hydrogens is 262 g/mol. The van der Waals surface area contributed by atoms with E-state index >= 15 is 0 Å². The quantitative estimate of drug-likeness (QED) is 0.791. The van der Waals surface area contributed by atoms with E-state index in [2.05, 4.69) is 12.2 Å². The van der Waals surface area contributed by atoms with Gasteiger partial charge in [-0.3, -0.25) is 0 Å². The van der Waals surface area contributed by atoms with E-state index in [0.29, 0.717) is 11.5 Å². The molecule has 0 amide bonds. The van der Waals surface area contributed by atoms with Crippen LogP contribution in [-0.2, 0) is 4.74 Å². The van der Waals surface area contributed by atoms with Gasteiger partial charge >= 0.3 is 0 Å². The maximum atomic E-state index is 9.53. The molecule has 5 fully saturated rings. The van der Waals surface area contributed by atoms with Crippen LogP contribution in [0.2, 0.25) is 0 Å². The molecule has 0 aromatic heterocycles. The molecule has 3 heteroatoms. The van der Waals surface area contributed by atoms with Crippen molar-refractivity contribution in [1.82, 2.24) is 5.32 Å². The van der Waals surface area contributed by atoms with Crippen molar-refractivity contribution in [3.8, 4) is 0 Å². The Bertz CT molecular complexity index is 350. The minimum atomic E-state index is 0.00965. The summed E-state index contributed by atoms with van der Waals surface area (Å²) >= 11 is 0. The van der Waals surface area contributed by atoms with Gasteiger partial charge in [-0.15, -0.1) is 0 Å².